The van der Waals surface area contributed by atoms with Crippen LogP contribution in [-0.2, 0) is 11.3 Å². The number of nitrogens with one attached hydrogen (secondary N) is 1. The van der Waals surface area contributed by atoms with E-state index in [1.54, 1.807) is 6.26 Å². The van der Waals surface area contributed by atoms with Crippen LogP contribution in [0.4, 0.5) is 5.82 Å². The third-order valence-electron chi connectivity index (χ3n) is 5.23. The van der Waals surface area contributed by atoms with Gasteiger partial charge in [0, 0.05) is 18.7 Å². The van der Waals surface area contributed by atoms with Crippen LogP contribution in [0.3, 0.4) is 0 Å². The summed E-state index contributed by atoms with van der Waals surface area (Å²) in [5, 5.41) is 3.93. The van der Waals surface area contributed by atoms with Crippen molar-refractivity contribution in [1.29, 1.82) is 0 Å². The van der Waals surface area contributed by atoms with Crippen molar-refractivity contribution in [3.05, 3.63) is 41.3 Å². The van der Waals surface area contributed by atoms with Gasteiger partial charge in [-0.15, -0.1) is 0 Å². The zero-order valence-electron chi connectivity index (χ0n) is 15.9. The number of furan rings is 2. The molecule has 0 aromatic carbocycles. The highest BCUT2D eigenvalue weighted by molar-refractivity contribution is 5.90. The SMILES string of the molecule is Cc1nc(N2CCCC(C(=O)NCc3ccco3)C2)c2c(C)c(C)oc2n1. The molecule has 7 heteroatoms. The molecule has 1 atom stereocenters. The average molecular weight is 368 g/mol. The number of nitrogens with zero attached hydrogens (tertiary/aromatic N) is 3. The van der Waals surface area contributed by atoms with Crippen LogP contribution >= 0.6 is 0 Å². The third kappa shape index (κ3) is 3.41. The number of amides is 1. The lowest BCUT2D eigenvalue weighted by Crippen LogP contribution is -2.43. The highest BCUT2D eigenvalue weighted by Crippen LogP contribution is 2.33. The van der Waals surface area contributed by atoms with Crippen molar-refractivity contribution < 1.29 is 13.6 Å². The Morgan fingerprint density at radius 1 is 1.33 bits per heavy atom. The fraction of sp³-hybridized carbons (Fsp3) is 0.450. The van der Waals surface area contributed by atoms with Gasteiger partial charge in [0.15, 0.2) is 0 Å². The summed E-state index contributed by atoms with van der Waals surface area (Å²) in [7, 11) is 0. The van der Waals surface area contributed by atoms with Gasteiger partial charge in [-0.2, -0.15) is 4.98 Å². The van der Waals surface area contributed by atoms with Gasteiger partial charge >= 0.3 is 0 Å². The maximum atomic E-state index is 12.6. The summed E-state index contributed by atoms with van der Waals surface area (Å²) < 4.78 is 11.1. The number of aromatic nitrogens is 2. The largest absolute Gasteiger partial charge is 0.467 e. The Balaban J connectivity index is 1.54. The maximum Gasteiger partial charge on any atom is 0.231 e. The summed E-state index contributed by atoms with van der Waals surface area (Å²) in [4.78, 5) is 24.0. The molecular formula is C20H24N4O3. The van der Waals surface area contributed by atoms with E-state index in [0.717, 1.165) is 47.7 Å². The quantitative estimate of drug-likeness (QED) is 0.761. The van der Waals surface area contributed by atoms with Gasteiger partial charge in [0.25, 0.3) is 0 Å². The normalized spacial score (nSPS) is 17.4. The third-order valence-corrected chi connectivity index (χ3v) is 5.23. The molecule has 0 spiro atoms. The van der Waals surface area contributed by atoms with Gasteiger partial charge in [-0.05, 0) is 45.7 Å². The van der Waals surface area contributed by atoms with E-state index >= 15 is 0 Å². The lowest BCUT2D eigenvalue weighted by Gasteiger charge is -2.33. The number of hydrogen-bond acceptors (Lipinski definition) is 6. The molecule has 1 saturated heterocycles. The minimum atomic E-state index is -0.0765. The molecule has 0 saturated carbocycles. The molecule has 1 fully saturated rings. The molecule has 1 amide bonds. The second kappa shape index (κ2) is 7.06. The van der Waals surface area contributed by atoms with Crippen molar-refractivity contribution in [2.24, 2.45) is 5.92 Å². The number of piperidine rings is 1. The number of fused-ring (bicyclic) bond motifs is 1. The van der Waals surface area contributed by atoms with E-state index in [4.69, 9.17) is 8.83 Å². The van der Waals surface area contributed by atoms with Gasteiger partial charge in [0.05, 0.1) is 24.1 Å². The van der Waals surface area contributed by atoms with E-state index in [2.05, 4.69) is 20.2 Å². The first-order valence-corrected chi connectivity index (χ1v) is 9.32. The van der Waals surface area contributed by atoms with E-state index in [0.29, 0.717) is 24.6 Å². The summed E-state index contributed by atoms with van der Waals surface area (Å²) in [5.74, 6) is 3.14. The standard InChI is InChI=1S/C20H24N4O3/c1-12-13(2)27-20-17(12)18(22-14(3)23-20)24-8-4-6-15(11-24)19(25)21-10-16-7-5-9-26-16/h5,7,9,15H,4,6,8,10-11H2,1-3H3,(H,21,25). The lowest BCUT2D eigenvalue weighted by molar-refractivity contribution is -0.125. The predicted octanol–water partition coefficient (Wildman–Crippen LogP) is 3.27. The van der Waals surface area contributed by atoms with Crippen molar-refractivity contribution in [1.82, 2.24) is 15.3 Å². The van der Waals surface area contributed by atoms with Gasteiger partial charge in [-0.25, -0.2) is 4.98 Å². The van der Waals surface area contributed by atoms with Crippen LogP contribution in [0.5, 0.6) is 0 Å². The van der Waals surface area contributed by atoms with Crippen LogP contribution in [0.25, 0.3) is 11.1 Å². The fourth-order valence-electron chi connectivity index (χ4n) is 3.68. The van der Waals surface area contributed by atoms with Crippen molar-refractivity contribution >= 4 is 22.8 Å². The number of carbonyl (C=O) groups excluding carboxylic acids is 1. The molecule has 4 heterocycles. The van der Waals surface area contributed by atoms with Crippen LogP contribution in [-0.4, -0.2) is 29.0 Å². The summed E-state index contributed by atoms with van der Waals surface area (Å²) in [6.07, 6.45) is 3.43. The molecule has 142 valence electrons. The highest BCUT2D eigenvalue weighted by atomic mass is 16.3. The van der Waals surface area contributed by atoms with Gasteiger partial charge in [0.2, 0.25) is 11.6 Å². The number of aryl methyl sites for hydroxylation is 3. The van der Waals surface area contributed by atoms with Gasteiger partial charge in [0.1, 0.15) is 23.2 Å². The number of carbonyl (C=O) groups is 1. The minimum Gasteiger partial charge on any atom is -0.467 e. The van der Waals surface area contributed by atoms with E-state index in [1.165, 1.54) is 0 Å². The smallest absolute Gasteiger partial charge is 0.231 e. The molecule has 0 aliphatic carbocycles. The molecule has 3 aromatic rings. The van der Waals surface area contributed by atoms with Gasteiger partial charge < -0.3 is 19.1 Å². The van der Waals surface area contributed by atoms with Crippen LogP contribution in [0.15, 0.2) is 27.2 Å². The summed E-state index contributed by atoms with van der Waals surface area (Å²) in [5.41, 5.74) is 1.68. The molecule has 27 heavy (non-hydrogen) atoms. The second-order valence-electron chi connectivity index (χ2n) is 7.14. The summed E-state index contributed by atoms with van der Waals surface area (Å²) in [6, 6.07) is 3.68. The van der Waals surface area contributed by atoms with Crippen molar-refractivity contribution in [3.8, 4) is 0 Å². The lowest BCUT2D eigenvalue weighted by atomic mass is 9.96. The predicted molar refractivity (Wildman–Crippen MR) is 102 cm³/mol. The first kappa shape index (κ1) is 17.6. The summed E-state index contributed by atoms with van der Waals surface area (Å²) >= 11 is 0. The number of hydrogen-bond donors (Lipinski definition) is 1. The van der Waals surface area contributed by atoms with Crippen LogP contribution in [0.2, 0.25) is 0 Å². The molecule has 0 bridgehead atoms. The Labute approximate surface area is 157 Å². The average Bonchev–Trinajstić information content (AvgIpc) is 3.27. The molecule has 7 nitrogen and oxygen atoms in total. The molecule has 1 N–H and O–H groups in total. The Hall–Kier alpha value is -2.83. The molecule has 1 aliphatic rings. The van der Waals surface area contributed by atoms with Crippen LogP contribution in [0.1, 0.15) is 35.7 Å². The Morgan fingerprint density at radius 3 is 2.96 bits per heavy atom. The van der Waals surface area contributed by atoms with Gasteiger partial charge in [-0.1, -0.05) is 0 Å². The second-order valence-corrected chi connectivity index (χ2v) is 7.14. The Morgan fingerprint density at radius 2 is 2.19 bits per heavy atom. The Kier molecular flexibility index (Phi) is 4.59. The van der Waals surface area contributed by atoms with E-state index in [9.17, 15) is 4.79 Å². The van der Waals surface area contributed by atoms with Crippen molar-refractivity contribution in [2.45, 2.75) is 40.2 Å². The number of anilines is 1. The fourth-order valence-corrected chi connectivity index (χ4v) is 3.68. The monoisotopic (exact) mass is 368 g/mol. The van der Waals surface area contributed by atoms with Crippen molar-refractivity contribution in [2.75, 3.05) is 18.0 Å². The molecule has 1 unspecified atom stereocenters. The van der Waals surface area contributed by atoms with E-state index < -0.39 is 0 Å². The van der Waals surface area contributed by atoms with Crippen LogP contribution in [0, 0.1) is 26.7 Å². The highest BCUT2D eigenvalue weighted by Gasteiger charge is 2.29. The molecule has 0 radical (unpaired) electrons. The zero-order chi connectivity index (χ0) is 19.0. The van der Waals surface area contributed by atoms with Gasteiger partial charge in [-0.3, -0.25) is 4.79 Å². The zero-order valence-corrected chi connectivity index (χ0v) is 15.9. The molecule has 4 rings (SSSR count). The van der Waals surface area contributed by atoms with Crippen molar-refractivity contribution in [3.63, 3.8) is 0 Å². The first-order valence-electron chi connectivity index (χ1n) is 9.32. The molecule has 1 aliphatic heterocycles. The summed E-state index contributed by atoms with van der Waals surface area (Å²) in [6.45, 7) is 7.77. The van der Waals surface area contributed by atoms with Crippen LogP contribution < -0.4 is 10.2 Å². The Bertz CT molecular complexity index is 961. The molecular weight excluding hydrogens is 344 g/mol. The minimum absolute atomic E-state index is 0.0539. The molecule has 3 aromatic heterocycles. The number of rotatable bonds is 4. The first-order chi connectivity index (χ1) is 13.0. The van der Waals surface area contributed by atoms with E-state index in [1.807, 2.05) is 32.9 Å². The van der Waals surface area contributed by atoms with E-state index in [-0.39, 0.29) is 11.8 Å². The topological polar surface area (TPSA) is 84.4 Å². The maximum absolute atomic E-state index is 12.6.